The summed E-state index contributed by atoms with van der Waals surface area (Å²) in [6, 6.07) is 5.46. The van der Waals surface area contributed by atoms with Crippen LogP contribution in [0.3, 0.4) is 0 Å². The van der Waals surface area contributed by atoms with Crippen molar-refractivity contribution in [1.82, 2.24) is 23.7 Å². The monoisotopic (exact) mass is 271 g/mol. The number of pyridine rings is 1. The zero-order valence-electron chi connectivity index (χ0n) is 11.4. The third-order valence-electron chi connectivity index (χ3n) is 3.37. The van der Waals surface area contributed by atoms with Crippen LogP contribution in [0.25, 0.3) is 22.7 Å². The average Bonchev–Trinajstić information content (AvgIpc) is 2.81. The highest BCUT2D eigenvalue weighted by Gasteiger charge is 2.18. The average molecular weight is 271 g/mol. The number of hydrogen-bond donors (Lipinski definition) is 0. The van der Waals surface area contributed by atoms with E-state index < -0.39 is 5.69 Å². The Kier molecular flexibility index (Phi) is 2.56. The number of imidazole rings is 1. The molecule has 3 aromatic heterocycles. The van der Waals surface area contributed by atoms with Crippen molar-refractivity contribution in [3.8, 4) is 11.5 Å². The van der Waals surface area contributed by atoms with Crippen LogP contribution in [0.4, 0.5) is 0 Å². The number of rotatable bonds is 1. The Balaban J connectivity index is 2.49. The SMILES string of the molecule is Cn1c(=O)c2c(nc(-c3ccccn3)n2C)n(C)c1=O. The molecule has 7 nitrogen and oxygen atoms in total. The topological polar surface area (TPSA) is 74.7 Å². The predicted octanol–water partition coefficient (Wildman–Crippen LogP) is 0.0327. The van der Waals surface area contributed by atoms with Gasteiger partial charge >= 0.3 is 5.69 Å². The molecule has 0 amide bonds. The standard InChI is InChI=1S/C13H13N5O2/c1-16-9-11(17(2)13(20)18(3)12(9)19)15-10(16)8-6-4-5-7-14-8/h4-7H,1-3H3. The summed E-state index contributed by atoms with van der Waals surface area (Å²) in [5.41, 5.74) is 0.644. The molecule has 0 atom stereocenters. The van der Waals surface area contributed by atoms with Crippen molar-refractivity contribution in [2.75, 3.05) is 0 Å². The predicted molar refractivity (Wildman–Crippen MR) is 74.4 cm³/mol. The number of fused-ring (bicyclic) bond motifs is 1. The van der Waals surface area contributed by atoms with Crippen molar-refractivity contribution in [3.05, 3.63) is 45.2 Å². The zero-order chi connectivity index (χ0) is 14.4. The maximum Gasteiger partial charge on any atom is 0.332 e. The van der Waals surface area contributed by atoms with Crippen LogP contribution in [-0.2, 0) is 21.1 Å². The minimum Gasteiger partial charge on any atom is -0.320 e. The first-order valence-electron chi connectivity index (χ1n) is 6.06. The lowest BCUT2D eigenvalue weighted by Gasteiger charge is -2.03. The van der Waals surface area contributed by atoms with Gasteiger partial charge in [0, 0.05) is 27.3 Å². The Morgan fingerprint density at radius 2 is 1.75 bits per heavy atom. The summed E-state index contributed by atoms with van der Waals surface area (Å²) in [6.45, 7) is 0. The van der Waals surface area contributed by atoms with Crippen molar-refractivity contribution >= 4 is 11.2 Å². The van der Waals surface area contributed by atoms with Gasteiger partial charge in [-0.3, -0.25) is 18.9 Å². The Morgan fingerprint density at radius 3 is 2.40 bits per heavy atom. The Bertz CT molecular complexity index is 918. The first-order valence-corrected chi connectivity index (χ1v) is 6.06. The van der Waals surface area contributed by atoms with Crippen LogP contribution in [0, 0.1) is 0 Å². The first kappa shape index (κ1) is 12.3. The van der Waals surface area contributed by atoms with Crippen molar-refractivity contribution < 1.29 is 0 Å². The summed E-state index contributed by atoms with van der Waals surface area (Å²) in [7, 11) is 4.79. The smallest absolute Gasteiger partial charge is 0.320 e. The van der Waals surface area contributed by atoms with E-state index in [1.807, 2.05) is 12.1 Å². The molecule has 7 heteroatoms. The largest absolute Gasteiger partial charge is 0.332 e. The molecular weight excluding hydrogens is 258 g/mol. The molecular formula is C13H13N5O2. The summed E-state index contributed by atoms with van der Waals surface area (Å²) in [5, 5.41) is 0. The van der Waals surface area contributed by atoms with Crippen LogP contribution in [0.15, 0.2) is 34.0 Å². The van der Waals surface area contributed by atoms with Crippen LogP contribution < -0.4 is 11.2 Å². The summed E-state index contributed by atoms with van der Waals surface area (Å²) >= 11 is 0. The second kappa shape index (κ2) is 4.16. The fourth-order valence-corrected chi connectivity index (χ4v) is 2.24. The van der Waals surface area contributed by atoms with Crippen LogP contribution >= 0.6 is 0 Å². The maximum absolute atomic E-state index is 12.2. The van der Waals surface area contributed by atoms with Crippen LogP contribution in [0.1, 0.15) is 0 Å². The maximum atomic E-state index is 12.2. The van der Waals surface area contributed by atoms with Crippen molar-refractivity contribution in [2.45, 2.75) is 0 Å². The summed E-state index contributed by atoms with van der Waals surface area (Å²) in [5.74, 6) is 0.555. The summed E-state index contributed by atoms with van der Waals surface area (Å²) in [4.78, 5) is 32.8. The van der Waals surface area contributed by atoms with Gasteiger partial charge in [-0.15, -0.1) is 0 Å². The van der Waals surface area contributed by atoms with Gasteiger partial charge in [0.15, 0.2) is 17.0 Å². The highest BCUT2D eigenvalue weighted by molar-refractivity contribution is 5.75. The minimum atomic E-state index is -0.395. The van der Waals surface area contributed by atoms with Gasteiger partial charge in [0.1, 0.15) is 5.69 Å². The van der Waals surface area contributed by atoms with Gasteiger partial charge in [-0.25, -0.2) is 9.78 Å². The fraction of sp³-hybridized carbons (Fsp3) is 0.231. The molecule has 0 fully saturated rings. The van der Waals surface area contributed by atoms with Crippen LogP contribution in [0.5, 0.6) is 0 Å². The Morgan fingerprint density at radius 1 is 1.00 bits per heavy atom. The van der Waals surface area contributed by atoms with Gasteiger partial charge in [0.25, 0.3) is 5.56 Å². The van der Waals surface area contributed by atoms with Gasteiger partial charge in [-0.1, -0.05) is 6.07 Å². The van der Waals surface area contributed by atoms with E-state index >= 15 is 0 Å². The van der Waals surface area contributed by atoms with Crippen molar-refractivity contribution in [2.24, 2.45) is 21.1 Å². The van der Waals surface area contributed by atoms with Gasteiger partial charge in [-0.05, 0) is 12.1 Å². The molecule has 102 valence electrons. The summed E-state index contributed by atoms with van der Waals surface area (Å²) in [6.07, 6.45) is 1.66. The van der Waals surface area contributed by atoms with E-state index in [1.165, 1.54) is 11.6 Å². The van der Waals surface area contributed by atoms with Crippen molar-refractivity contribution in [3.63, 3.8) is 0 Å². The van der Waals surface area contributed by atoms with Crippen LogP contribution in [0.2, 0.25) is 0 Å². The molecule has 3 heterocycles. The lowest BCUT2D eigenvalue weighted by molar-refractivity contribution is 0.705. The molecule has 0 bridgehead atoms. The molecule has 0 aliphatic heterocycles. The third kappa shape index (κ3) is 1.52. The summed E-state index contributed by atoms with van der Waals surface area (Å²) < 4.78 is 4.11. The zero-order valence-corrected chi connectivity index (χ0v) is 11.4. The van der Waals surface area contributed by atoms with Gasteiger partial charge in [0.2, 0.25) is 0 Å². The van der Waals surface area contributed by atoms with E-state index in [1.54, 1.807) is 30.9 Å². The molecule has 0 aliphatic carbocycles. The Labute approximate surface area is 113 Å². The van der Waals surface area contributed by atoms with E-state index in [9.17, 15) is 9.59 Å². The normalized spacial score (nSPS) is 11.2. The molecule has 20 heavy (non-hydrogen) atoms. The van der Waals surface area contributed by atoms with E-state index in [2.05, 4.69) is 9.97 Å². The van der Waals surface area contributed by atoms with E-state index in [4.69, 9.17) is 0 Å². The van der Waals surface area contributed by atoms with Crippen LogP contribution in [-0.4, -0.2) is 23.7 Å². The fourth-order valence-electron chi connectivity index (χ4n) is 2.24. The molecule has 3 aromatic rings. The number of nitrogens with zero attached hydrogens (tertiary/aromatic N) is 5. The molecule has 0 saturated heterocycles. The molecule has 0 aliphatic rings. The third-order valence-corrected chi connectivity index (χ3v) is 3.37. The second-order valence-electron chi connectivity index (χ2n) is 4.59. The van der Waals surface area contributed by atoms with E-state index in [0.717, 1.165) is 4.57 Å². The molecule has 0 spiro atoms. The van der Waals surface area contributed by atoms with E-state index in [-0.39, 0.29) is 5.56 Å². The molecule has 0 saturated carbocycles. The highest BCUT2D eigenvalue weighted by atomic mass is 16.2. The number of hydrogen-bond acceptors (Lipinski definition) is 4. The van der Waals surface area contributed by atoms with Gasteiger partial charge < -0.3 is 4.57 Å². The highest BCUT2D eigenvalue weighted by Crippen LogP contribution is 2.18. The van der Waals surface area contributed by atoms with Crippen molar-refractivity contribution in [1.29, 1.82) is 0 Å². The van der Waals surface area contributed by atoms with Gasteiger partial charge in [-0.2, -0.15) is 0 Å². The number of aryl methyl sites for hydroxylation is 2. The van der Waals surface area contributed by atoms with E-state index in [0.29, 0.717) is 22.7 Å². The molecule has 0 radical (unpaired) electrons. The molecule has 0 unspecified atom stereocenters. The lowest BCUT2D eigenvalue weighted by Crippen LogP contribution is -2.37. The number of aromatic nitrogens is 5. The molecule has 0 N–H and O–H groups in total. The second-order valence-corrected chi connectivity index (χ2v) is 4.59. The lowest BCUT2D eigenvalue weighted by atomic mass is 10.3. The minimum absolute atomic E-state index is 0.361. The first-order chi connectivity index (χ1) is 9.52. The molecule has 0 aromatic carbocycles. The molecule has 3 rings (SSSR count). The Hall–Kier alpha value is -2.70. The quantitative estimate of drug-likeness (QED) is 0.626. The van der Waals surface area contributed by atoms with Gasteiger partial charge in [0.05, 0.1) is 0 Å².